The molecule has 0 spiro atoms. The van der Waals surface area contributed by atoms with Gasteiger partial charge in [0.15, 0.2) is 0 Å². The number of thioether (sulfide) groups is 1. The fourth-order valence-corrected chi connectivity index (χ4v) is 3.49. The summed E-state index contributed by atoms with van der Waals surface area (Å²) in [5.74, 6) is 0.292. The molecule has 0 bridgehead atoms. The Morgan fingerprint density at radius 2 is 1.89 bits per heavy atom. The second-order valence-electron chi connectivity index (χ2n) is 5.66. The molecule has 7 heteroatoms. The van der Waals surface area contributed by atoms with Crippen molar-refractivity contribution in [2.24, 2.45) is 0 Å². The van der Waals surface area contributed by atoms with Crippen LogP contribution in [0.25, 0.3) is 10.8 Å². The van der Waals surface area contributed by atoms with Gasteiger partial charge in [0, 0.05) is 16.5 Å². The number of aromatic amines is 1. The average molecular weight is 384 g/mol. The van der Waals surface area contributed by atoms with Gasteiger partial charge in [-0.3, -0.25) is 4.79 Å². The Bertz CT molecular complexity index is 953. The average Bonchev–Trinajstić information content (AvgIpc) is 3.05. The third kappa shape index (κ3) is 4.43. The summed E-state index contributed by atoms with van der Waals surface area (Å²) in [4.78, 5) is 27.6. The highest BCUT2D eigenvalue weighted by atomic mass is 32.2. The molecule has 0 atom stereocenters. The Balaban J connectivity index is 1.81. The number of methoxy groups -OCH3 is 1. The minimum Gasteiger partial charge on any atom is -0.497 e. The Kier molecular flexibility index (Phi) is 6.03. The predicted molar refractivity (Wildman–Crippen MR) is 107 cm³/mol. The molecule has 0 fully saturated rings. The third-order valence-electron chi connectivity index (χ3n) is 3.86. The normalized spacial score (nSPS) is 10.6. The Morgan fingerprint density at radius 3 is 2.59 bits per heavy atom. The Morgan fingerprint density at radius 1 is 1.11 bits per heavy atom. The van der Waals surface area contributed by atoms with Gasteiger partial charge in [0.1, 0.15) is 11.4 Å². The zero-order valence-electron chi connectivity index (χ0n) is 15.1. The molecule has 0 aliphatic carbocycles. The Hall–Kier alpha value is -2.93. The number of hydrogen-bond acceptors (Lipinski definition) is 5. The summed E-state index contributed by atoms with van der Waals surface area (Å²) in [6.07, 6.45) is 0. The SMILES string of the molecule is CCOC(=O)c1[nH]c(SCC(=O)Nc2ccccc2)c2ccc(OC)cc12. The molecule has 0 unspecified atom stereocenters. The van der Waals surface area contributed by atoms with E-state index < -0.39 is 5.97 Å². The molecule has 27 heavy (non-hydrogen) atoms. The van der Waals surface area contributed by atoms with Crippen LogP contribution in [0.2, 0.25) is 0 Å². The number of ether oxygens (including phenoxy) is 2. The highest BCUT2D eigenvalue weighted by molar-refractivity contribution is 8.00. The third-order valence-corrected chi connectivity index (χ3v) is 4.88. The Labute approximate surface area is 161 Å². The van der Waals surface area contributed by atoms with E-state index in [9.17, 15) is 9.59 Å². The van der Waals surface area contributed by atoms with Crippen LogP contribution >= 0.6 is 11.8 Å². The summed E-state index contributed by atoms with van der Waals surface area (Å²) in [7, 11) is 1.57. The summed E-state index contributed by atoms with van der Waals surface area (Å²) >= 11 is 1.33. The first-order valence-electron chi connectivity index (χ1n) is 8.47. The van der Waals surface area contributed by atoms with E-state index in [1.54, 1.807) is 20.1 Å². The van der Waals surface area contributed by atoms with Crippen LogP contribution in [-0.2, 0) is 9.53 Å². The molecule has 2 N–H and O–H groups in total. The largest absolute Gasteiger partial charge is 0.497 e. The van der Waals surface area contributed by atoms with Gasteiger partial charge in [0.2, 0.25) is 5.91 Å². The van der Waals surface area contributed by atoms with Crippen LogP contribution in [0.15, 0.2) is 53.6 Å². The summed E-state index contributed by atoms with van der Waals surface area (Å²) in [5, 5.41) is 5.13. The van der Waals surface area contributed by atoms with E-state index in [0.29, 0.717) is 16.8 Å². The van der Waals surface area contributed by atoms with E-state index in [4.69, 9.17) is 9.47 Å². The van der Waals surface area contributed by atoms with Crippen molar-refractivity contribution in [3.63, 3.8) is 0 Å². The van der Waals surface area contributed by atoms with Crippen LogP contribution < -0.4 is 10.1 Å². The minimum absolute atomic E-state index is 0.125. The highest BCUT2D eigenvalue weighted by Gasteiger charge is 2.19. The standard InChI is InChI=1S/C20H20N2O4S/c1-3-26-20(24)18-16-11-14(25-2)9-10-15(16)19(22-18)27-12-17(23)21-13-7-5-4-6-8-13/h4-11,22H,3,12H2,1-2H3,(H,21,23). The molecule has 140 valence electrons. The smallest absolute Gasteiger partial charge is 0.355 e. The second kappa shape index (κ2) is 8.64. The summed E-state index contributed by atoms with van der Waals surface area (Å²) < 4.78 is 10.4. The van der Waals surface area contributed by atoms with Crippen molar-refractivity contribution in [2.75, 3.05) is 24.8 Å². The summed E-state index contributed by atoms with van der Waals surface area (Å²) in [6, 6.07) is 14.7. The van der Waals surface area contributed by atoms with Crippen LogP contribution in [0.5, 0.6) is 5.75 Å². The number of hydrogen-bond donors (Lipinski definition) is 2. The number of rotatable bonds is 7. The highest BCUT2D eigenvalue weighted by Crippen LogP contribution is 2.33. The van der Waals surface area contributed by atoms with Gasteiger partial charge in [-0.15, -0.1) is 0 Å². The summed E-state index contributed by atoms with van der Waals surface area (Å²) in [6.45, 7) is 2.04. The minimum atomic E-state index is -0.434. The molecular weight excluding hydrogens is 364 g/mol. The molecule has 3 aromatic rings. The van der Waals surface area contributed by atoms with E-state index in [1.807, 2.05) is 42.5 Å². The van der Waals surface area contributed by atoms with Gasteiger partial charge in [0.05, 0.1) is 24.5 Å². The van der Waals surface area contributed by atoms with E-state index in [1.165, 1.54) is 11.8 Å². The number of benzene rings is 2. The summed E-state index contributed by atoms with van der Waals surface area (Å²) in [5.41, 5.74) is 1.10. The number of fused-ring (bicyclic) bond motifs is 1. The molecule has 0 saturated carbocycles. The fourth-order valence-electron chi connectivity index (χ4n) is 2.64. The van der Waals surface area contributed by atoms with Crippen molar-refractivity contribution in [1.82, 2.24) is 4.98 Å². The number of carbonyl (C=O) groups excluding carboxylic acids is 2. The van der Waals surface area contributed by atoms with E-state index >= 15 is 0 Å². The van der Waals surface area contributed by atoms with Crippen molar-refractivity contribution in [2.45, 2.75) is 11.9 Å². The molecular formula is C20H20N2O4S. The number of nitrogens with one attached hydrogen (secondary N) is 2. The van der Waals surface area contributed by atoms with Crippen molar-refractivity contribution in [3.8, 4) is 5.75 Å². The van der Waals surface area contributed by atoms with Gasteiger partial charge >= 0.3 is 5.97 Å². The van der Waals surface area contributed by atoms with Crippen LogP contribution in [0, 0.1) is 0 Å². The second-order valence-corrected chi connectivity index (χ2v) is 6.65. The molecule has 2 aromatic carbocycles. The molecule has 0 saturated heterocycles. The number of para-hydroxylation sites is 1. The molecule has 1 heterocycles. The number of anilines is 1. The number of amides is 1. The lowest BCUT2D eigenvalue weighted by atomic mass is 10.2. The van der Waals surface area contributed by atoms with Gasteiger partial charge < -0.3 is 19.8 Å². The quantitative estimate of drug-likeness (QED) is 0.474. The first-order chi connectivity index (χ1) is 13.1. The molecule has 0 aliphatic heterocycles. The molecule has 1 aromatic heterocycles. The van der Waals surface area contributed by atoms with Gasteiger partial charge in [-0.05, 0) is 37.3 Å². The number of esters is 1. The van der Waals surface area contributed by atoms with Crippen molar-refractivity contribution >= 4 is 40.1 Å². The van der Waals surface area contributed by atoms with E-state index in [0.717, 1.165) is 16.1 Å². The first-order valence-corrected chi connectivity index (χ1v) is 9.45. The molecule has 1 amide bonds. The lowest BCUT2D eigenvalue weighted by Crippen LogP contribution is -2.13. The van der Waals surface area contributed by atoms with Gasteiger partial charge in [-0.2, -0.15) is 0 Å². The number of H-pyrrole nitrogens is 1. The molecule has 0 radical (unpaired) electrons. The van der Waals surface area contributed by atoms with Crippen molar-refractivity contribution in [1.29, 1.82) is 0 Å². The first kappa shape index (κ1) is 18.8. The zero-order chi connectivity index (χ0) is 19.2. The van der Waals surface area contributed by atoms with Gasteiger partial charge in [-0.1, -0.05) is 30.0 Å². The van der Waals surface area contributed by atoms with Crippen LogP contribution in [0.4, 0.5) is 5.69 Å². The topological polar surface area (TPSA) is 80.4 Å². The van der Waals surface area contributed by atoms with E-state index in [2.05, 4.69) is 10.3 Å². The molecule has 6 nitrogen and oxygen atoms in total. The zero-order valence-corrected chi connectivity index (χ0v) is 15.9. The lowest BCUT2D eigenvalue weighted by molar-refractivity contribution is -0.113. The van der Waals surface area contributed by atoms with Gasteiger partial charge in [-0.25, -0.2) is 4.79 Å². The maximum absolute atomic E-state index is 12.3. The van der Waals surface area contributed by atoms with E-state index in [-0.39, 0.29) is 18.3 Å². The molecule has 0 aliphatic rings. The van der Waals surface area contributed by atoms with Crippen LogP contribution in [0.1, 0.15) is 17.4 Å². The van der Waals surface area contributed by atoms with Crippen LogP contribution in [-0.4, -0.2) is 36.3 Å². The number of carbonyl (C=O) groups is 2. The maximum atomic E-state index is 12.3. The monoisotopic (exact) mass is 384 g/mol. The predicted octanol–water partition coefficient (Wildman–Crippen LogP) is 4.08. The van der Waals surface area contributed by atoms with Crippen molar-refractivity contribution in [3.05, 3.63) is 54.2 Å². The fraction of sp³-hybridized carbons (Fsp3) is 0.200. The van der Waals surface area contributed by atoms with Crippen LogP contribution in [0.3, 0.4) is 0 Å². The maximum Gasteiger partial charge on any atom is 0.355 e. The van der Waals surface area contributed by atoms with Crippen molar-refractivity contribution < 1.29 is 19.1 Å². The lowest BCUT2D eigenvalue weighted by Gasteiger charge is -2.04. The van der Waals surface area contributed by atoms with Gasteiger partial charge in [0.25, 0.3) is 0 Å². The molecule has 3 rings (SSSR count). The number of aromatic nitrogens is 1.